The van der Waals surface area contributed by atoms with E-state index in [0.29, 0.717) is 37.6 Å². The molecule has 3 aromatic carbocycles. The number of nitrogens with zero attached hydrogens (tertiary/aromatic N) is 2. The van der Waals surface area contributed by atoms with E-state index < -0.39 is 11.6 Å². The molecule has 212 valence electrons. The van der Waals surface area contributed by atoms with E-state index in [1.807, 2.05) is 93.0 Å². The van der Waals surface area contributed by atoms with Gasteiger partial charge in [0.05, 0.1) is 6.61 Å². The van der Waals surface area contributed by atoms with Crippen LogP contribution in [0.1, 0.15) is 35.6 Å². The third kappa shape index (κ3) is 7.69. The van der Waals surface area contributed by atoms with Gasteiger partial charge < -0.3 is 19.5 Å². The number of ether oxygens (including phenoxy) is 2. The molecular formula is C31H37BrN4O4. The van der Waals surface area contributed by atoms with Crippen molar-refractivity contribution in [2.75, 3.05) is 40.4 Å². The Balaban J connectivity index is 1.68. The van der Waals surface area contributed by atoms with Crippen LogP contribution < -0.4 is 15.6 Å². The fourth-order valence-electron chi connectivity index (χ4n) is 4.56. The molecule has 0 radical (unpaired) electrons. The van der Waals surface area contributed by atoms with Crippen LogP contribution >= 0.6 is 15.9 Å². The van der Waals surface area contributed by atoms with Crippen LogP contribution in [0.15, 0.2) is 88.3 Å². The predicted molar refractivity (Wildman–Crippen MR) is 160 cm³/mol. The molecule has 2 atom stereocenters. The van der Waals surface area contributed by atoms with Gasteiger partial charge in [-0.05, 0) is 74.6 Å². The molecule has 0 saturated heterocycles. The van der Waals surface area contributed by atoms with Gasteiger partial charge in [0, 0.05) is 36.0 Å². The summed E-state index contributed by atoms with van der Waals surface area (Å²) in [6.45, 7) is 2.05. The van der Waals surface area contributed by atoms with Crippen molar-refractivity contribution in [1.29, 1.82) is 0 Å². The molecule has 40 heavy (non-hydrogen) atoms. The normalized spacial score (nSPS) is 18.3. The number of carbonyl (C=O) groups is 1. The Morgan fingerprint density at radius 2 is 1.77 bits per heavy atom. The van der Waals surface area contributed by atoms with Gasteiger partial charge in [-0.25, -0.2) is 10.4 Å². The van der Waals surface area contributed by atoms with Gasteiger partial charge in [0.2, 0.25) is 5.90 Å². The zero-order valence-electron chi connectivity index (χ0n) is 23.0. The van der Waals surface area contributed by atoms with Crippen molar-refractivity contribution in [3.05, 3.63) is 100 Å². The largest absolute Gasteiger partial charge is 0.494 e. The first kappa shape index (κ1) is 29.7. The number of hydrogen-bond acceptors (Lipinski definition) is 7. The highest BCUT2D eigenvalue weighted by Gasteiger charge is 2.53. The molecule has 0 spiro atoms. The Bertz CT molecular complexity index is 1250. The van der Waals surface area contributed by atoms with Crippen LogP contribution in [-0.2, 0) is 16.0 Å². The number of hydrazine groups is 1. The van der Waals surface area contributed by atoms with Crippen LogP contribution in [0, 0.1) is 0 Å². The molecule has 1 aliphatic heterocycles. The molecule has 1 amide bonds. The molecule has 1 aliphatic rings. The second-order valence-electron chi connectivity index (χ2n) is 10.0. The van der Waals surface area contributed by atoms with Gasteiger partial charge in [0.25, 0.3) is 5.91 Å². The number of nitrogens with one attached hydrogen (secondary N) is 2. The van der Waals surface area contributed by atoms with Crippen molar-refractivity contribution in [2.24, 2.45) is 4.99 Å². The maximum absolute atomic E-state index is 14.1. The van der Waals surface area contributed by atoms with Crippen LogP contribution in [-0.4, -0.2) is 67.7 Å². The Morgan fingerprint density at radius 1 is 1.05 bits per heavy atom. The standard InChI is InChI=1S/C31H37BrN4O4/c1-36(2)19-6-18-33-35-30(38)31(22-23-8-4-3-5-9-23)28(24-10-14-26(32)15-11-24)40-29(34-31)25-12-16-27(17-13-25)39-21-7-20-37/h3-5,8-17,28,33,37H,6-7,18-22H2,1-2H3,(H,35,38)/t28-,31-/m0/s1. The molecule has 3 aromatic rings. The highest BCUT2D eigenvalue weighted by molar-refractivity contribution is 9.10. The third-order valence-electron chi connectivity index (χ3n) is 6.63. The third-order valence-corrected chi connectivity index (χ3v) is 7.16. The first-order chi connectivity index (χ1) is 19.4. The maximum Gasteiger partial charge on any atom is 0.266 e. The Hall–Kier alpha value is -3.24. The molecule has 9 heteroatoms. The first-order valence-corrected chi connectivity index (χ1v) is 14.3. The van der Waals surface area contributed by atoms with Crippen LogP contribution in [0.25, 0.3) is 0 Å². The van der Waals surface area contributed by atoms with Gasteiger partial charge in [0.15, 0.2) is 11.6 Å². The van der Waals surface area contributed by atoms with Crippen LogP contribution in [0.3, 0.4) is 0 Å². The van der Waals surface area contributed by atoms with E-state index in [1.165, 1.54) is 0 Å². The summed E-state index contributed by atoms with van der Waals surface area (Å²) in [4.78, 5) is 21.2. The topological polar surface area (TPSA) is 95.4 Å². The molecule has 3 N–H and O–H groups in total. The summed E-state index contributed by atoms with van der Waals surface area (Å²) in [7, 11) is 4.05. The molecule has 0 saturated carbocycles. The molecule has 0 bridgehead atoms. The Labute approximate surface area is 244 Å². The highest BCUT2D eigenvalue weighted by atomic mass is 79.9. The van der Waals surface area contributed by atoms with E-state index in [2.05, 4.69) is 31.7 Å². The van der Waals surface area contributed by atoms with E-state index in [0.717, 1.165) is 34.1 Å². The smallest absolute Gasteiger partial charge is 0.266 e. The lowest BCUT2D eigenvalue weighted by Crippen LogP contribution is -2.54. The summed E-state index contributed by atoms with van der Waals surface area (Å²) < 4.78 is 13.2. The number of carbonyl (C=O) groups excluding carboxylic acids is 1. The number of aliphatic hydroxyl groups is 1. The predicted octanol–water partition coefficient (Wildman–Crippen LogP) is 4.28. The van der Waals surface area contributed by atoms with Crippen molar-refractivity contribution >= 4 is 27.7 Å². The van der Waals surface area contributed by atoms with Gasteiger partial charge in [-0.15, -0.1) is 0 Å². The van der Waals surface area contributed by atoms with E-state index in [4.69, 9.17) is 19.6 Å². The Kier molecular flexibility index (Phi) is 10.7. The average Bonchev–Trinajstić information content (AvgIpc) is 3.34. The lowest BCUT2D eigenvalue weighted by atomic mass is 9.82. The monoisotopic (exact) mass is 608 g/mol. The number of aliphatic hydroxyl groups excluding tert-OH is 1. The second-order valence-corrected chi connectivity index (χ2v) is 11.0. The van der Waals surface area contributed by atoms with Gasteiger partial charge in [-0.2, -0.15) is 0 Å². The zero-order chi connectivity index (χ0) is 28.4. The lowest BCUT2D eigenvalue weighted by Gasteiger charge is -2.31. The zero-order valence-corrected chi connectivity index (χ0v) is 24.6. The van der Waals surface area contributed by atoms with Crippen molar-refractivity contribution < 1.29 is 19.4 Å². The highest BCUT2D eigenvalue weighted by Crippen LogP contribution is 2.42. The number of benzene rings is 3. The van der Waals surface area contributed by atoms with E-state index in [9.17, 15) is 4.79 Å². The summed E-state index contributed by atoms with van der Waals surface area (Å²) in [5.41, 5.74) is 7.36. The molecule has 1 heterocycles. The molecule has 8 nitrogen and oxygen atoms in total. The average molecular weight is 610 g/mol. The summed E-state index contributed by atoms with van der Waals surface area (Å²) in [5, 5.41) is 9.01. The van der Waals surface area contributed by atoms with Crippen molar-refractivity contribution in [2.45, 2.75) is 30.9 Å². The van der Waals surface area contributed by atoms with Crippen LogP contribution in [0.2, 0.25) is 0 Å². The van der Waals surface area contributed by atoms with Crippen molar-refractivity contribution in [3.63, 3.8) is 0 Å². The van der Waals surface area contributed by atoms with Gasteiger partial charge in [-0.1, -0.05) is 58.4 Å². The lowest BCUT2D eigenvalue weighted by molar-refractivity contribution is -0.130. The van der Waals surface area contributed by atoms with E-state index in [1.54, 1.807) is 0 Å². The van der Waals surface area contributed by atoms with Crippen molar-refractivity contribution in [1.82, 2.24) is 15.8 Å². The summed E-state index contributed by atoms with van der Waals surface area (Å²) in [6, 6.07) is 25.1. The van der Waals surface area contributed by atoms with Gasteiger partial charge in [-0.3, -0.25) is 10.2 Å². The molecule has 0 fully saturated rings. The Morgan fingerprint density at radius 3 is 2.45 bits per heavy atom. The number of rotatable bonds is 14. The van der Waals surface area contributed by atoms with Crippen LogP contribution in [0.4, 0.5) is 0 Å². The quantitative estimate of drug-likeness (QED) is 0.187. The molecule has 0 aliphatic carbocycles. The molecule has 0 aromatic heterocycles. The minimum Gasteiger partial charge on any atom is -0.494 e. The summed E-state index contributed by atoms with van der Waals surface area (Å²) in [6.07, 6.45) is 1.14. The second kappa shape index (κ2) is 14.4. The number of halogens is 1. The SMILES string of the molecule is CN(C)CCCNNC(=O)[C@@]1(Cc2ccccc2)N=C(c2ccc(OCCCO)cc2)O[C@H]1c1ccc(Br)cc1. The minimum absolute atomic E-state index is 0.0796. The maximum atomic E-state index is 14.1. The minimum atomic E-state index is -1.25. The first-order valence-electron chi connectivity index (χ1n) is 13.5. The van der Waals surface area contributed by atoms with Gasteiger partial charge >= 0.3 is 0 Å². The molecule has 4 rings (SSSR count). The molecule has 0 unspecified atom stereocenters. The number of amides is 1. The number of hydrogen-bond donors (Lipinski definition) is 3. The van der Waals surface area contributed by atoms with E-state index in [-0.39, 0.29) is 12.5 Å². The number of aliphatic imine (C=N–C) groups is 1. The van der Waals surface area contributed by atoms with Gasteiger partial charge in [0.1, 0.15) is 5.75 Å². The van der Waals surface area contributed by atoms with Crippen LogP contribution in [0.5, 0.6) is 5.75 Å². The fraction of sp³-hybridized carbons (Fsp3) is 0.355. The van der Waals surface area contributed by atoms with Crippen molar-refractivity contribution in [3.8, 4) is 5.75 Å². The fourth-order valence-corrected chi connectivity index (χ4v) is 4.83. The molecular weight excluding hydrogens is 572 g/mol. The summed E-state index contributed by atoms with van der Waals surface area (Å²) >= 11 is 3.51. The summed E-state index contributed by atoms with van der Waals surface area (Å²) in [5.74, 6) is 0.831. The van der Waals surface area contributed by atoms with E-state index >= 15 is 0 Å².